The highest BCUT2D eigenvalue weighted by atomic mass is 16.6. The van der Waals surface area contributed by atoms with Crippen LogP contribution in [0, 0.1) is 10.1 Å². The minimum atomic E-state index is -0.390. The lowest BCUT2D eigenvalue weighted by molar-refractivity contribution is -0.382. The van der Waals surface area contributed by atoms with Gasteiger partial charge in [-0.15, -0.1) is 0 Å². The first kappa shape index (κ1) is 13.2. The van der Waals surface area contributed by atoms with Crippen LogP contribution >= 0.6 is 0 Å². The van der Waals surface area contributed by atoms with Gasteiger partial charge in [-0.1, -0.05) is 0 Å². The third-order valence-corrected chi connectivity index (χ3v) is 2.84. The molecule has 0 aliphatic heterocycles. The zero-order valence-corrected chi connectivity index (χ0v) is 10.4. The molecule has 0 saturated heterocycles. The van der Waals surface area contributed by atoms with Gasteiger partial charge in [0, 0.05) is 19.3 Å². The van der Waals surface area contributed by atoms with Gasteiger partial charge in [-0.2, -0.15) is 0 Å². The van der Waals surface area contributed by atoms with Crippen molar-refractivity contribution in [1.29, 1.82) is 0 Å². The number of hydrogen-bond donors (Lipinski definition) is 2. The second-order valence-corrected chi connectivity index (χ2v) is 4.15. The minimum Gasteiger partial charge on any atom is -0.396 e. The summed E-state index contributed by atoms with van der Waals surface area (Å²) in [7, 11) is 0. The van der Waals surface area contributed by atoms with Gasteiger partial charge in [-0.05, 0) is 37.1 Å². The molecule has 0 radical (unpaired) electrons. The zero-order valence-electron chi connectivity index (χ0n) is 10.4. The summed E-state index contributed by atoms with van der Waals surface area (Å²) in [5.74, 6) is 0. The SMILES string of the molecule is O=[N+]([O-])c1c(NCCCCO)ccc2ncccc12. The standard InChI is InChI=1S/C13H15N3O3/c17-9-2-1-7-15-12-6-5-11-10(4-3-8-14-11)13(12)16(18)19/h3-6,8,15,17H,1-2,7,9H2. The van der Waals surface area contributed by atoms with Crippen molar-refractivity contribution in [1.82, 2.24) is 4.98 Å². The van der Waals surface area contributed by atoms with Gasteiger partial charge in [0.25, 0.3) is 0 Å². The van der Waals surface area contributed by atoms with E-state index in [4.69, 9.17) is 5.11 Å². The maximum absolute atomic E-state index is 11.2. The number of hydrogen-bond acceptors (Lipinski definition) is 5. The third kappa shape index (κ3) is 2.97. The number of aliphatic hydroxyl groups excluding tert-OH is 1. The quantitative estimate of drug-likeness (QED) is 0.473. The number of anilines is 1. The van der Waals surface area contributed by atoms with Gasteiger partial charge in [0.15, 0.2) is 0 Å². The molecule has 2 rings (SSSR count). The summed E-state index contributed by atoms with van der Waals surface area (Å²) in [5.41, 5.74) is 1.15. The molecule has 2 N–H and O–H groups in total. The number of nitro groups is 1. The molecule has 0 spiro atoms. The first-order valence-corrected chi connectivity index (χ1v) is 6.11. The predicted molar refractivity (Wildman–Crippen MR) is 73.2 cm³/mol. The van der Waals surface area contributed by atoms with Crippen LogP contribution in [0.5, 0.6) is 0 Å². The van der Waals surface area contributed by atoms with Crippen LogP contribution in [-0.2, 0) is 0 Å². The van der Waals surface area contributed by atoms with E-state index >= 15 is 0 Å². The number of nitrogens with zero attached hydrogens (tertiary/aromatic N) is 2. The Kier molecular flexibility index (Phi) is 4.25. The summed E-state index contributed by atoms with van der Waals surface area (Å²) < 4.78 is 0. The lowest BCUT2D eigenvalue weighted by Crippen LogP contribution is -2.05. The Bertz CT molecular complexity index is 586. The van der Waals surface area contributed by atoms with E-state index in [0.29, 0.717) is 29.6 Å². The van der Waals surface area contributed by atoms with Crippen LogP contribution in [0.4, 0.5) is 11.4 Å². The molecule has 0 aliphatic rings. The van der Waals surface area contributed by atoms with Crippen LogP contribution in [0.2, 0.25) is 0 Å². The topological polar surface area (TPSA) is 88.3 Å². The average molecular weight is 261 g/mol. The van der Waals surface area contributed by atoms with E-state index in [-0.39, 0.29) is 12.3 Å². The monoisotopic (exact) mass is 261 g/mol. The summed E-state index contributed by atoms with van der Waals surface area (Å²) in [6, 6.07) is 6.81. The van der Waals surface area contributed by atoms with E-state index in [1.54, 1.807) is 30.5 Å². The average Bonchev–Trinajstić information content (AvgIpc) is 2.42. The van der Waals surface area contributed by atoms with E-state index in [0.717, 1.165) is 6.42 Å². The maximum Gasteiger partial charge on any atom is 0.301 e. The highest BCUT2D eigenvalue weighted by molar-refractivity contribution is 5.94. The summed E-state index contributed by atoms with van der Waals surface area (Å²) in [5, 5.41) is 23.5. The number of aromatic nitrogens is 1. The Balaban J connectivity index is 2.32. The molecule has 2 aromatic rings. The second-order valence-electron chi connectivity index (χ2n) is 4.15. The summed E-state index contributed by atoms with van der Waals surface area (Å²) in [4.78, 5) is 14.9. The Labute approximate surface area is 110 Å². The van der Waals surface area contributed by atoms with E-state index < -0.39 is 4.92 Å². The normalized spacial score (nSPS) is 10.6. The van der Waals surface area contributed by atoms with Gasteiger partial charge in [-0.25, -0.2) is 0 Å². The number of aliphatic hydroxyl groups is 1. The fraction of sp³-hybridized carbons (Fsp3) is 0.308. The number of rotatable bonds is 6. The van der Waals surface area contributed by atoms with Crippen LogP contribution in [0.15, 0.2) is 30.5 Å². The van der Waals surface area contributed by atoms with E-state index in [2.05, 4.69) is 10.3 Å². The number of nitro benzene ring substituents is 1. The van der Waals surface area contributed by atoms with Gasteiger partial charge in [0.05, 0.1) is 15.8 Å². The van der Waals surface area contributed by atoms with Crippen LogP contribution in [-0.4, -0.2) is 28.2 Å². The molecule has 0 fully saturated rings. The van der Waals surface area contributed by atoms with Crippen molar-refractivity contribution in [2.24, 2.45) is 0 Å². The highest BCUT2D eigenvalue weighted by Gasteiger charge is 2.18. The van der Waals surface area contributed by atoms with Crippen LogP contribution < -0.4 is 5.32 Å². The zero-order chi connectivity index (χ0) is 13.7. The Hall–Kier alpha value is -2.21. The van der Waals surface area contributed by atoms with Gasteiger partial charge in [0.2, 0.25) is 0 Å². The van der Waals surface area contributed by atoms with Crippen molar-refractivity contribution in [2.75, 3.05) is 18.5 Å². The largest absolute Gasteiger partial charge is 0.396 e. The molecule has 0 amide bonds. The number of fused-ring (bicyclic) bond motifs is 1. The third-order valence-electron chi connectivity index (χ3n) is 2.84. The van der Waals surface area contributed by atoms with Crippen molar-refractivity contribution in [3.63, 3.8) is 0 Å². The molecule has 0 bridgehead atoms. The van der Waals surface area contributed by atoms with E-state index in [1.807, 2.05) is 0 Å². The molecule has 0 atom stereocenters. The van der Waals surface area contributed by atoms with Crippen LogP contribution in [0.1, 0.15) is 12.8 Å². The maximum atomic E-state index is 11.2. The fourth-order valence-corrected chi connectivity index (χ4v) is 1.94. The molecule has 1 heterocycles. The lowest BCUT2D eigenvalue weighted by Gasteiger charge is -2.08. The highest BCUT2D eigenvalue weighted by Crippen LogP contribution is 2.32. The molecule has 0 unspecified atom stereocenters. The Morgan fingerprint density at radius 3 is 2.89 bits per heavy atom. The molecule has 1 aromatic carbocycles. The Morgan fingerprint density at radius 2 is 2.16 bits per heavy atom. The van der Waals surface area contributed by atoms with Crippen LogP contribution in [0.3, 0.4) is 0 Å². The first-order chi connectivity index (χ1) is 9.24. The summed E-state index contributed by atoms with van der Waals surface area (Å²) in [6.45, 7) is 0.721. The molecule has 6 nitrogen and oxygen atoms in total. The Morgan fingerprint density at radius 1 is 1.32 bits per heavy atom. The van der Waals surface area contributed by atoms with Crippen molar-refractivity contribution >= 4 is 22.3 Å². The fourth-order valence-electron chi connectivity index (χ4n) is 1.94. The molecule has 1 aromatic heterocycles. The second kappa shape index (κ2) is 6.10. The van der Waals surface area contributed by atoms with Gasteiger partial charge in [-0.3, -0.25) is 15.1 Å². The molecule has 0 saturated carbocycles. The lowest BCUT2D eigenvalue weighted by atomic mass is 10.1. The van der Waals surface area contributed by atoms with E-state index in [1.165, 1.54) is 0 Å². The van der Waals surface area contributed by atoms with Gasteiger partial charge < -0.3 is 10.4 Å². The van der Waals surface area contributed by atoms with Crippen LogP contribution in [0.25, 0.3) is 10.9 Å². The molecular weight excluding hydrogens is 246 g/mol. The molecule has 19 heavy (non-hydrogen) atoms. The number of benzene rings is 1. The number of nitrogens with one attached hydrogen (secondary N) is 1. The molecular formula is C13H15N3O3. The van der Waals surface area contributed by atoms with Crippen molar-refractivity contribution in [3.8, 4) is 0 Å². The smallest absolute Gasteiger partial charge is 0.301 e. The van der Waals surface area contributed by atoms with Gasteiger partial charge in [0.1, 0.15) is 5.69 Å². The molecule has 6 heteroatoms. The predicted octanol–water partition coefficient (Wildman–Crippen LogP) is 2.33. The summed E-state index contributed by atoms with van der Waals surface area (Å²) >= 11 is 0. The molecule has 100 valence electrons. The summed E-state index contributed by atoms with van der Waals surface area (Å²) in [6.07, 6.45) is 3.05. The van der Waals surface area contributed by atoms with Crippen molar-refractivity contribution in [2.45, 2.75) is 12.8 Å². The first-order valence-electron chi connectivity index (χ1n) is 6.11. The van der Waals surface area contributed by atoms with Crippen molar-refractivity contribution < 1.29 is 10.0 Å². The van der Waals surface area contributed by atoms with Gasteiger partial charge >= 0.3 is 5.69 Å². The van der Waals surface area contributed by atoms with E-state index in [9.17, 15) is 10.1 Å². The number of unbranched alkanes of at least 4 members (excludes halogenated alkanes) is 1. The minimum absolute atomic E-state index is 0.0506. The van der Waals surface area contributed by atoms with Crippen molar-refractivity contribution in [3.05, 3.63) is 40.6 Å². The number of pyridine rings is 1. The molecule has 0 aliphatic carbocycles.